The van der Waals surface area contributed by atoms with Crippen molar-refractivity contribution in [2.75, 3.05) is 13.2 Å². The lowest BCUT2D eigenvalue weighted by molar-refractivity contribution is -0.384. The molecule has 0 saturated carbocycles. The van der Waals surface area contributed by atoms with Crippen molar-refractivity contribution < 1.29 is 18.5 Å². The molecule has 1 aromatic rings. The van der Waals surface area contributed by atoms with Crippen LogP contribution in [0.25, 0.3) is 6.08 Å². The van der Waals surface area contributed by atoms with Crippen molar-refractivity contribution >= 4 is 19.4 Å². The summed E-state index contributed by atoms with van der Waals surface area (Å²) < 4.78 is 22.3. The third-order valence-corrected chi connectivity index (χ3v) is 3.92. The molecule has 1 aromatic carbocycles. The fourth-order valence-electron chi connectivity index (χ4n) is 1.37. The quantitative estimate of drug-likeness (QED) is 0.432. The highest BCUT2D eigenvalue weighted by Crippen LogP contribution is 2.50. The topological polar surface area (TPSA) is 78.7 Å². The molecule has 0 bridgehead atoms. The van der Waals surface area contributed by atoms with Crippen LogP contribution in [0.3, 0.4) is 0 Å². The normalized spacial score (nSPS) is 11.9. The van der Waals surface area contributed by atoms with E-state index in [0.29, 0.717) is 5.56 Å². The van der Waals surface area contributed by atoms with Gasteiger partial charge in [0, 0.05) is 17.9 Å². The van der Waals surface area contributed by atoms with Crippen molar-refractivity contribution in [3.63, 3.8) is 0 Å². The Labute approximate surface area is 111 Å². The molecule has 7 heteroatoms. The highest BCUT2D eigenvalue weighted by Gasteiger charge is 2.18. The Hall–Kier alpha value is -1.49. The van der Waals surface area contributed by atoms with Crippen LogP contribution in [0, 0.1) is 10.1 Å². The number of non-ortho nitro benzene ring substituents is 1. The van der Waals surface area contributed by atoms with Crippen LogP contribution in [-0.4, -0.2) is 18.1 Å². The maximum atomic E-state index is 12.1. The molecule has 0 aliphatic heterocycles. The third-order valence-electron chi connectivity index (χ3n) is 2.17. The minimum atomic E-state index is -3.23. The van der Waals surface area contributed by atoms with Gasteiger partial charge < -0.3 is 9.05 Å². The van der Waals surface area contributed by atoms with E-state index in [2.05, 4.69) is 0 Å². The van der Waals surface area contributed by atoms with Crippen LogP contribution in [-0.2, 0) is 13.6 Å². The van der Waals surface area contributed by atoms with E-state index >= 15 is 0 Å². The lowest BCUT2D eigenvalue weighted by atomic mass is 10.2. The first kappa shape index (κ1) is 15.6. The van der Waals surface area contributed by atoms with Gasteiger partial charge in [-0.3, -0.25) is 14.7 Å². The molecule has 0 N–H and O–H groups in total. The third kappa shape index (κ3) is 4.95. The van der Waals surface area contributed by atoms with Gasteiger partial charge >= 0.3 is 7.60 Å². The number of hydrogen-bond acceptors (Lipinski definition) is 5. The van der Waals surface area contributed by atoms with Gasteiger partial charge in [-0.2, -0.15) is 0 Å². The molecule has 0 heterocycles. The SMILES string of the molecule is CCOP(=O)(/C=C/c1ccc([N+](=O)[O-])cc1)OCC. The summed E-state index contributed by atoms with van der Waals surface area (Å²) in [5.41, 5.74) is 0.695. The molecule has 0 unspecified atom stereocenters. The zero-order chi connectivity index (χ0) is 14.3. The fraction of sp³-hybridized carbons (Fsp3) is 0.333. The molecule has 0 aromatic heterocycles. The summed E-state index contributed by atoms with van der Waals surface area (Å²) in [6.07, 6.45) is 1.57. The predicted octanol–water partition coefficient (Wildman–Crippen LogP) is 3.83. The molecule has 0 spiro atoms. The lowest BCUT2D eigenvalue weighted by Crippen LogP contribution is -1.92. The molecule has 0 amide bonds. The molecule has 0 saturated heterocycles. The van der Waals surface area contributed by atoms with E-state index in [1.54, 1.807) is 32.1 Å². The average molecular weight is 285 g/mol. The van der Waals surface area contributed by atoms with E-state index in [-0.39, 0.29) is 18.9 Å². The van der Waals surface area contributed by atoms with Gasteiger partial charge in [-0.1, -0.05) is 0 Å². The van der Waals surface area contributed by atoms with E-state index in [9.17, 15) is 14.7 Å². The Morgan fingerprint density at radius 2 is 1.74 bits per heavy atom. The summed E-state index contributed by atoms with van der Waals surface area (Å²) in [6.45, 7) is 4.01. The van der Waals surface area contributed by atoms with Crippen LogP contribution in [0.15, 0.2) is 30.1 Å². The minimum absolute atomic E-state index is 0.00921. The Bertz CT molecular complexity index is 487. The lowest BCUT2D eigenvalue weighted by Gasteiger charge is -2.12. The first-order chi connectivity index (χ1) is 9.00. The van der Waals surface area contributed by atoms with Gasteiger partial charge in [-0.25, -0.2) is 0 Å². The van der Waals surface area contributed by atoms with E-state index < -0.39 is 12.5 Å². The number of rotatable bonds is 7. The second-order valence-corrected chi connectivity index (χ2v) is 5.43. The Kier molecular flexibility index (Phi) is 5.89. The van der Waals surface area contributed by atoms with Crippen molar-refractivity contribution in [3.8, 4) is 0 Å². The maximum absolute atomic E-state index is 12.1. The van der Waals surface area contributed by atoms with Gasteiger partial charge in [0.1, 0.15) is 0 Å². The van der Waals surface area contributed by atoms with Crippen LogP contribution in [0.1, 0.15) is 19.4 Å². The molecule has 0 radical (unpaired) electrons. The van der Waals surface area contributed by atoms with Gasteiger partial charge in [0.2, 0.25) is 0 Å². The van der Waals surface area contributed by atoms with Crippen molar-refractivity contribution in [1.29, 1.82) is 0 Å². The van der Waals surface area contributed by atoms with Crippen molar-refractivity contribution in [1.82, 2.24) is 0 Å². The van der Waals surface area contributed by atoms with Gasteiger partial charge in [0.05, 0.1) is 18.1 Å². The second-order valence-electron chi connectivity index (χ2n) is 3.54. The van der Waals surface area contributed by atoms with Gasteiger partial charge in [0.15, 0.2) is 0 Å². The van der Waals surface area contributed by atoms with Crippen molar-refractivity contribution in [2.45, 2.75) is 13.8 Å². The smallest absolute Gasteiger partial charge is 0.306 e. The van der Waals surface area contributed by atoms with E-state index in [1.807, 2.05) is 0 Å². The average Bonchev–Trinajstić information content (AvgIpc) is 2.37. The Balaban J connectivity index is 2.84. The largest absolute Gasteiger partial charge is 0.354 e. The molecule has 0 atom stereocenters. The Morgan fingerprint density at radius 3 is 2.16 bits per heavy atom. The summed E-state index contributed by atoms with van der Waals surface area (Å²) in [5, 5.41) is 10.5. The summed E-state index contributed by atoms with van der Waals surface area (Å²) in [7, 11) is -3.23. The highest BCUT2D eigenvalue weighted by atomic mass is 31.2. The van der Waals surface area contributed by atoms with Gasteiger partial charge in [-0.05, 0) is 37.6 Å². The second kappa shape index (κ2) is 7.19. The first-order valence-electron chi connectivity index (χ1n) is 5.83. The summed E-state index contributed by atoms with van der Waals surface area (Å²) in [6, 6.07) is 5.89. The molecule has 0 fully saturated rings. The number of nitrogens with zero attached hydrogens (tertiary/aromatic N) is 1. The molecule has 104 valence electrons. The zero-order valence-electron chi connectivity index (χ0n) is 10.8. The maximum Gasteiger partial charge on any atom is 0.354 e. The van der Waals surface area contributed by atoms with E-state index in [1.165, 1.54) is 17.9 Å². The van der Waals surface area contributed by atoms with Crippen molar-refractivity contribution in [2.24, 2.45) is 0 Å². The standard InChI is InChI=1S/C12H16NO5P/c1-3-17-19(16,18-4-2)10-9-11-5-7-12(8-6-11)13(14)15/h5-10H,3-4H2,1-2H3/b10-9+. The number of benzene rings is 1. The summed E-state index contributed by atoms with van der Waals surface area (Å²) >= 11 is 0. The van der Waals surface area contributed by atoms with Crippen LogP contribution < -0.4 is 0 Å². The molecule has 0 aliphatic carbocycles. The van der Waals surface area contributed by atoms with Crippen LogP contribution in [0.4, 0.5) is 5.69 Å². The van der Waals surface area contributed by atoms with Crippen LogP contribution >= 0.6 is 7.60 Å². The van der Waals surface area contributed by atoms with Crippen LogP contribution in [0.2, 0.25) is 0 Å². The van der Waals surface area contributed by atoms with Gasteiger partial charge in [-0.15, -0.1) is 0 Å². The monoisotopic (exact) mass is 285 g/mol. The molecule has 1 rings (SSSR count). The van der Waals surface area contributed by atoms with Crippen LogP contribution in [0.5, 0.6) is 0 Å². The van der Waals surface area contributed by atoms with Crippen molar-refractivity contribution in [3.05, 3.63) is 45.8 Å². The molecule has 19 heavy (non-hydrogen) atoms. The molecule has 0 aliphatic rings. The van der Waals surface area contributed by atoms with E-state index in [0.717, 1.165) is 0 Å². The molecular weight excluding hydrogens is 269 g/mol. The number of nitro groups is 1. The number of hydrogen-bond donors (Lipinski definition) is 0. The molecular formula is C12H16NO5P. The first-order valence-corrected chi connectivity index (χ1v) is 7.44. The summed E-state index contributed by atoms with van der Waals surface area (Å²) in [4.78, 5) is 10.0. The summed E-state index contributed by atoms with van der Waals surface area (Å²) in [5.74, 6) is 1.36. The molecule has 6 nitrogen and oxygen atoms in total. The highest BCUT2D eigenvalue weighted by molar-refractivity contribution is 7.57. The van der Waals surface area contributed by atoms with E-state index in [4.69, 9.17) is 9.05 Å². The zero-order valence-corrected chi connectivity index (χ0v) is 11.7. The predicted molar refractivity (Wildman–Crippen MR) is 73.0 cm³/mol. The van der Waals surface area contributed by atoms with Gasteiger partial charge in [0.25, 0.3) is 5.69 Å². The minimum Gasteiger partial charge on any atom is -0.306 e. The fourth-order valence-corrected chi connectivity index (χ4v) is 2.69. The number of nitro benzene ring substituents is 1. The Morgan fingerprint density at radius 1 is 1.21 bits per heavy atom.